The van der Waals surface area contributed by atoms with Crippen molar-refractivity contribution in [3.05, 3.63) is 29.8 Å². The minimum absolute atomic E-state index is 0.124. The first kappa shape index (κ1) is 16.8. The van der Waals surface area contributed by atoms with Gasteiger partial charge in [0.25, 0.3) is 0 Å². The van der Waals surface area contributed by atoms with Gasteiger partial charge in [0.05, 0.1) is 7.11 Å². The van der Waals surface area contributed by atoms with Crippen molar-refractivity contribution in [1.29, 1.82) is 0 Å². The van der Waals surface area contributed by atoms with Gasteiger partial charge in [-0.05, 0) is 44.6 Å². The molecule has 1 atom stereocenters. The first-order valence-electron chi connectivity index (χ1n) is 8.03. The van der Waals surface area contributed by atoms with Gasteiger partial charge >= 0.3 is 5.97 Å². The highest BCUT2D eigenvalue weighted by Gasteiger charge is 2.49. The van der Waals surface area contributed by atoms with Gasteiger partial charge in [0.1, 0.15) is 11.4 Å². The number of rotatable bonds is 8. The molecule has 22 heavy (non-hydrogen) atoms. The molecule has 2 rings (SSSR count). The zero-order valence-electron chi connectivity index (χ0n) is 14.1. The number of carbonyl (C=O) groups excluding carboxylic acids is 1. The molecule has 1 saturated carbocycles. The van der Waals surface area contributed by atoms with Crippen molar-refractivity contribution in [2.24, 2.45) is 5.92 Å². The van der Waals surface area contributed by atoms with Crippen molar-refractivity contribution >= 4 is 5.97 Å². The predicted molar refractivity (Wildman–Crippen MR) is 87.0 cm³/mol. The van der Waals surface area contributed by atoms with Crippen LogP contribution in [0.1, 0.15) is 38.2 Å². The van der Waals surface area contributed by atoms with E-state index in [1.54, 1.807) is 7.11 Å². The Kier molecular flexibility index (Phi) is 5.46. The summed E-state index contributed by atoms with van der Waals surface area (Å²) in [7, 11) is 5.76. The van der Waals surface area contributed by atoms with E-state index in [1.807, 2.05) is 45.3 Å². The van der Waals surface area contributed by atoms with E-state index in [0.717, 1.165) is 37.1 Å². The number of nitrogens with zero attached hydrogens (tertiary/aromatic N) is 1. The minimum Gasteiger partial charge on any atom is -0.497 e. The van der Waals surface area contributed by atoms with E-state index in [-0.39, 0.29) is 5.97 Å². The third-order valence-electron chi connectivity index (χ3n) is 4.33. The summed E-state index contributed by atoms with van der Waals surface area (Å²) < 4.78 is 11.3. The number of benzene rings is 1. The molecule has 0 amide bonds. The second-order valence-corrected chi connectivity index (χ2v) is 6.27. The van der Waals surface area contributed by atoms with Gasteiger partial charge in [0.2, 0.25) is 0 Å². The largest absolute Gasteiger partial charge is 0.497 e. The van der Waals surface area contributed by atoms with Crippen molar-refractivity contribution in [3.63, 3.8) is 0 Å². The molecule has 0 aliphatic heterocycles. The second kappa shape index (κ2) is 7.14. The zero-order valence-corrected chi connectivity index (χ0v) is 14.1. The SMILES string of the molecule is CCC(=O)OC(CCN(C)C)(c1ccc(OC)cc1)C1CC1. The van der Waals surface area contributed by atoms with Gasteiger partial charge in [0, 0.05) is 25.3 Å². The van der Waals surface area contributed by atoms with Crippen LogP contribution < -0.4 is 4.74 Å². The number of methoxy groups -OCH3 is 1. The highest BCUT2D eigenvalue weighted by molar-refractivity contribution is 5.69. The summed E-state index contributed by atoms with van der Waals surface area (Å²) >= 11 is 0. The molecule has 1 aromatic rings. The number of carbonyl (C=O) groups is 1. The van der Waals surface area contributed by atoms with Crippen molar-refractivity contribution in [2.75, 3.05) is 27.7 Å². The second-order valence-electron chi connectivity index (χ2n) is 6.27. The lowest BCUT2D eigenvalue weighted by molar-refractivity contribution is -0.165. The molecule has 122 valence electrons. The van der Waals surface area contributed by atoms with Crippen LogP contribution in [0.15, 0.2) is 24.3 Å². The third-order valence-corrected chi connectivity index (χ3v) is 4.33. The molecule has 0 radical (unpaired) electrons. The van der Waals surface area contributed by atoms with E-state index < -0.39 is 5.60 Å². The summed E-state index contributed by atoms with van der Waals surface area (Å²) in [6, 6.07) is 7.97. The smallest absolute Gasteiger partial charge is 0.306 e. The van der Waals surface area contributed by atoms with Crippen molar-refractivity contribution in [3.8, 4) is 5.75 Å². The Morgan fingerprint density at radius 1 is 1.27 bits per heavy atom. The van der Waals surface area contributed by atoms with Gasteiger partial charge in [-0.1, -0.05) is 19.1 Å². The van der Waals surface area contributed by atoms with Crippen LogP contribution in [0.2, 0.25) is 0 Å². The lowest BCUT2D eigenvalue weighted by Crippen LogP contribution is -2.37. The maximum atomic E-state index is 12.0. The first-order chi connectivity index (χ1) is 10.5. The summed E-state index contributed by atoms with van der Waals surface area (Å²) in [4.78, 5) is 14.2. The molecule has 0 N–H and O–H groups in total. The Labute approximate surface area is 133 Å². The molecule has 1 unspecified atom stereocenters. The molecule has 1 aromatic carbocycles. The van der Waals surface area contributed by atoms with Gasteiger partial charge in [-0.2, -0.15) is 0 Å². The van der Waals surface area contributed by atoms with Crippen molar-refractivity contribution in [2.45, 2.75) is 38.2 Å². The molecule has 1 fully saturated rings. The van der Waals surface area contributed by atoms with Crippen LogP contribution >= 0.6 is 0 Å². The molecular formula is C18H27NO3. The Morgan fingerprint density at radius 3 is 2.36 bits per heavy atom. The average Bonchev–Trinajstić information content (AvgIpc) is 3.36. The monoisotopic (exact) mass is 305 g/mol. The first-order valence-corrected chi connectivity index (χ1v) is 8.03. The van der Waals surface area contributed by atoms with Crippen LogP contribution in [-0.2, 0) is 15.1 Å². The molecule has 0 heterocycles. The molecule has 0 bridgehead atoms. The quantitative estimate of drug-likeness (QED) is 0.691. The summed E-state index contributed by atoms with van der Waals surface area (Å²) in [6.45, 7) is 2.74. The number of hydrogen-bond acceptors (Lipinski definition) is 4. The molecule has 0 aromatic heterocycles. The molecule has 1 aliphatic rings. The molecular weight excluding hydrogens is 278 g/mol. The van der Waals surface area contributed by atoms with Crippen molar-refractivity contribution < 1.29 is 14.3 Å². The molecule has 1 aliphatic carbocycles. The van der Waals surface area contributed by atoms with E-state index in [1.165, 1.54) is 0 Å². The molecule has 4 heteroatoms. The van der Waals surface area contributed by atoms with Crippen LogP contribution in [0.3, 0.4) is 0 Å². The van der Waals surface area contributed by atoms with E-state index in [2.05, 4.69) is 4.90 Å². The number of hydrogen-bond donors (Lipinski definition) is 0. The van der Waals surface area contributed by atoms with Gasteiger partial charge in [-0.3, -0.25) is 4.79 Å². The molecule has 4 nitrogen and oxygen atoms in total. The Hall–Kier alpha value is -1.55. The zero-order chi connectivity index (χ0) is 16.2. The van der Waals surface area contributed by atoms with E-state index in [4.69, 9.17) is 9.47 Å². The third kappa shape index (κ3) is 3.80. The van der Waals surface area contributed by atoms with Crippen molar-refractivity contribution in [1.82, 2.24) is 4.90 Å². The summed E-state index contributed by atoms with van der Waals surface area (Å²) in [5.74, 6) is 1.13. The molecule has 0 spiro atoms. The Balaban J connectivity index is 2.33. The normalized spacial score (nSPS) is 17.1. The maximum Gasteiger partial charge on any atom is 0.306 e. The fraction of sp³-hybridized carbons (Fsp3) is 0.611. The van der Waals surface area contributed by atoms with Gasteiger partial charge in [-0.25, -0.2) is 0 Å². The number of ether oxygens (including phenoxy) is 2. The highest BCUT2D eigenvalue weighted by Crippen LogP contribution is 2.50. The van der Waals surface area contributed by atoms with E-state index in [0.29, 0.717) is 12.3 Å². The topological polar surface area (TPSA) is 38.8 Å². The Morgan fingerprint density at radius 2 is 1.91 bits per heavy atom. The summed E-state index contributed by atoms with van der Waals surface area (Å²) in [5, 5.41) is 0. The standard InChI is InChI=1S/C18H27NO3/c1-5-17(20)22-18(14-6-7-14,12-13-19(2)3)15-8-10-16(21-4)11-9-15/h8-11,14H,5-7,12-13H2,1-4H3. The fourth-order valence-electron chi connectivity index (χ4n) is 2.87. The minimum atomic E-state index is -0.496. The van der Waals surface area contributed by atoms with Gasteiger partial charge in [0.15, 0.2) is 0 Å². The Bertz CT molecular complexity index is 494. The average molecular weight is 305 g/mol. The predicted octanol–water partition coefficient (Wildman–Crippen LogP) is 3.21. The maximum absolute atomic E-state index is 12.0. The molecule has 0 saturated heterocycles. The van der Waals surface area contributed by atoms with Crippen LogP contribution in [0.4, 0.5) is 0 Å². The lowest BCUT2D eigenvalue weighted by Gasteiger charge is -2.35. The van der Waals surface area contributed by atoms with E-state index >= 15 is 0 Å². The number of esters is 1. The van der Waals surface area contributed by atoms with Crippen LogP contribution in [0, 0.1) is 5.92 Å². The summed E-state index contributed by atoms with van der Waals surface area (Å²) in [5.41, 5.74) is 0.586. The van der Waals surface area contributed by atoms with Gasteiger partial charge in [-0.15, -0.1) is 0 Å². The highest BCUT2D eigenvalue weighted by atomic mass is 16.6. The van der Waals surface area contributed by atoms with Gasteiger partial charge < -0.3 is 14.4 Å². The summed E-state index contributed by atoms with van der Waals surface area (Å²) in [6.07, 6.45) is 3.47. The van der Waals surface area contributed by atoms with Crippen LogP contribution in [-0.4, -0.2) is 38.6 Å². The van der Waals surface area contributed by atoms with Crippen LogP contribution in [0.25, 0.3) is 0 Å². The lowest BCUT2D eigenvalue weighted by atomic mass is 9.85. The van der Waals surface area contributed by atoms with E-state index in [9.17, 15) is 4.79 Å². The van der Waals surface area contributed by atoms with Crippen LogP contribution in [0.5, 0.6) is 5.75 Å². The fourth-order valence-corrected chi connectivity index (χ4v) is 2.87.